The lowest BCUT2D eigenvalue weighted by molar-refractivity contribution is -0.166. The van der Waals surface area contributed by atoms with E-state index in [-0.39, 0.29) is 16.8 Å². The molecule has 1 aromatic rings. The number of rotatable bonds is 5. The summed E-state index contributed by atoms with van der Waals surface area (Å²) < 4.78 is 11.8. The normalized spacial score (nSPS) is 27.0. The van der Waals surface area contributed by atoms with Crippen molar-refractivity contribution in [1.82, 2.24) is 10.2 Å². The Hall–Kier alpha value is -1.08. The number of benzene rings is 1. The van der Waals surface area contributed by atoms with Crippen molar-refractivity contribution in [1.29, 1.82) is 0 Å². The van der Waals surface area contributed by atoms with Gasteiger partial charge in [0.15, 0.2) is 6.10 Å². The third-order valence-corrected chi connectivity index (χ3v) is 6.67. The van der Waals surface area contributed by atoms with Gasteiger partial charge >= 0.3 is 0 Å². The molecule has 3 rings (SSSR count). The predicted octanol–water partition coefficient (Wildman–Crippen LogP) is 2.09. The molecule has 2 aliphatic heterocycles. The molecule has 1 amide bonds. The van der Waals surface area contributed by atoms with Crippen LogP contribution in [0.2, 0.25) is 0 Å². The highest BCUT2D eigenvalue weighted by molar-refractivity contribution is 8.00. The van der Waals surface area contributed by atoms with Crippen molar-refractivity contribution < 1.29 is 14.3 Å². The fourth-order valence-electron chi connectivity index (χ4n) is 3.48. The minimum atomic E-state index is -0.582. The largest absolute Gasteiger partial charge is 0.368 e. The molecule has 25 heavy (non-hydrogen) atoms. The van der Waals surface area contributed by atoms with Gasteiger partial charge in [0, 0.05) is 11.3 Å². The SMILES string of the molecule is CSC1(CNC(=O)[C@@H]2OCCO[C@@H]2c2ccccc2)CCN(C)CC1. The fraction of sp³-hybridized carbons (Fsp3) is 0.632. The van der Waals surface area contributed by atoms with Crippen molar-refractivity contribution in [2.45, 2.75) is 29.8 Å². The van der Waals surface area contributed by atoms with E-state index in [1.165, 1.54) is 0 Å². The molecule has 1 N–H and O–H groups in total. The average Bonchev–Trinajstić information content (AvgIpc) is 2.68. The van der Waals surface area contributed by atoms with Crippen molar-refractivity contribution in [3.05, 3.63) is 35.9 Å². The number of piperidine rings is 1. The zero-order valence-electron chi connectivity index (χ0n) is 15.1. The number of amides is 1. The van der Waals surface area contributed by atoms with Crippen LogP contribution in [-0.4, -0.2) is 67.8 Å². The van der Waals surface area contributed by atoms with Crippen LogP contribution in [0.15, 0.2) is 30.3 Å². The van der Waals surface area contributed by atoms with E-state index in [0.717, 1.165) is 31.5 Å². The van der Waals surface area contributed by atoms with E-state index in [4.69, 9.17) is 9.47 Å². The summed E-state index contributed by atoms with van der Waals surface area (Å²) in [4.78, 5) is 15.2. The van der Waals surface area contributed by atoms with Crippen LogP contribution in [0.3, 0.4) is 0 Å². The third-order valence-electron chi connectivity index (χ3n) is 5.26. The molecule has 2 atom stereocenters. The number of likely N-dealkylation sites (tertiary alicyclic amines) is 1. The van der Waals surface area contributed by atoms with Crippen molar-refractivity contribution in [2.75, 3.05) is 46.2 Å². The van der Waals surface area contributed by atoms with Crippen LogP contribution < -0.4 is 5.32 Å². The number of hydrogen-bond donors (Lipinski definition) is 1. The Balaban J connectivity index is 1.63. The molecule has 138 valence electrons. The van der Waals surface area contributed by atoms with Crippen LogP contribution in [0.25, 0.3) is 0 Å². The second kappa shape index (κ2) is 8.54. The Morgan fingerprint density at radius 2 is 1.92 bits per heavy atom. The minimum absolute atomic E-state index is 0.0686. The number of ether oxygens (including phenoxy) is 2. The van der Waals surface area contributed by atoms with Crippen molar-refractivity contribution in [3.8, 4) is 0 Å². The highest BCUT2D eigenvalue weighted by Gasteiger charge is 2.37. The number of hydrogen-bond acceptors (Lipinski definition) is 5. The number of nitrogens with zero attached hydrogens (tertiary/aromatic N) is 1. The number of carbonyl (C=O) groups is 1. The molecular formula is C19H28N2O3S. The maximum absolute atomic E-state index is 12.8. The van der Waals surface area contributed by atoms with Crippen molar-refractivity contribution in [2.24, 2.45) is 0 Å². The summed E-state index contributed by atoms with van der Waals surface area (Å²) in [5.41, 5.74) is 0.987. The molecular weight excluding hydrogens is 336 g/mol. The zero-order chi connectivity index (χ0) is 17.7. The predicted molar refractivity (Wildman–Crippen MR) is 101 cm³/mol. The molecule has 6 heteroatoms. The van der Waals surface area contributed by atoms with Gasteiger partial charge in [0.05, 0.1) is 13.2 Å². The minimum Gasteiger partial charge on any atom is -0.368 e. The quantitative estimate of drug-likeness (QED) is 0.867. The Labute approximate surface area is 154 Å². The first-order chi connectivity index (χ1) is 12.1. The van der Waals surface area contributed by atoms with Crippen molar-refractivity contribution >= 4 is 17.7 Å². The monoisotopic (exact) mass is 364 g/mol. The second-order valence-corrected chi connectivity index (χ2v) is 8.18. The molecule has 2 heterocycles. The topological polar surface area (TPSA) is 50.8 Å². The Morgan fingerprint density at radius 3 is 2.60 bits per heavy atom. The molecule has 1 aromatic carbocycles. The summed E-state index contributed by atoms with van der Waals surface area (Å²) in [5.74, 6) is -0.0686. The van der Waals surface area contributed by atoms with Gasteiger partial charge in [-0.3, -0.25) is 4.79 Å². The summed E-state index contributed by atoms with van der Waals surface area (Å²) >= 11 is 1.87. The molecule has 2 aliphatic rings. The molecule has 0 bridgehead atoms. The van der Waals surface area contributed by atoms with E-state index in [0.29, 0.717) is 19.8 Å². The fourth-order valence-corrected chi connectivity index (χ4v) is 4.29. The summed E-state index contributed by atoms with van der Waals surface area (Å²) in [6.07, 6.45) is 3.41. The first-order valence-electron chi connectivity index (χ1n) is 8.93. The maximum Gasteiger partial charge on any atom is 0.252 e. The lowest BCUT2D eigenvalue weighted by Crippen LogP contribution is -2.51. The smallest absolute Gasteiger partial charge is 0.252 e. The van der Waals surface area contributed by atoms with Gasteiger partial charge < -0.3 is 19.7 Å². The molecule has 0 aliphatic carbocycles. The Bertz CT molecular complexity index is 561. The number of nitrogens with one attached hydrogen (secondary N) is 1. The van der Waals surface area contributed by atoms with Gasteiger partial charge in [-0.1, -0.05) is 30.3 Å². The molecule has 0 aromatic heterocycles. The lowest BCUT2D eigenvalue weighted by atomic mass is 9.95. The third kappa shape index (κ3) is 4.56. The van der Waals surface area contributed by atoms with Crippen molar-refractivity contribution in [3.63, 3.8) is 0 Å². The Morgan fingerprint density at radius 1 is 1.24 bits per heavy atom. The van der Waals surface area contributed by atoms with Gasteiger partial charge in [0.25, 0.3) is 5.91 Å². The van der Waals surface area contributed by atoms with Gasteiger partial charge in [0.2, 0.25) is 0 Å². The van der Waals surface area contributed by atoms with Gasteiger partial charge in [0.1, 0.15) is 6.10 Å². The van der Waals surface area contributed by atoms with Crippen LogP contribution in [0.4, 0.5) is 0 Å². The molecule has 2 saturated heterocycles. The standard InChI is InChI=1S/C19H28N2O3S/c1-21-10-8-19(25-2,9-11-21)14-20-18(22)17-16(23-12-13-24-17)15-6-4-3-5-7-15/h3-7,16-17H,8-14H2,1-2H3,(H,20,22)/t16-,17-/m1/s1. The maximum atomic E-state index is 12.8. The van der Waals surface area contributed by atoms with E-state index in [1.807, 2.05) is 42.1 Å². The highest BCUT2D eigenvalue weighted by atomic mass is 32.2. The van der Waals surface area contributed by atoms with Crippen LogP contribution >= 0.6 is 11.8 Å². The molecule has 2 fully saturated rings. The van der Waals surface area contributed by atoms with Gasteiger partial charge in [-0.05, 0) is 44.8 Å². The average molecular weight is 365 g/mol. The Kier molecular flexibility index (Phi) is 6.39. The highest BCUT2D eigenvalue weighted by Crippen LogP contribution is 2.34. The van der Waals surface area contributed by atoms with E-state index in [2.05, 4.69) is 23.5 Å². The first-order valence-corrected chi connectivity index (χ1v) is 10.2. The molecule has 0 unspecified atom stereocenters. The van der Waals surface area contributed by atoms with E-state index < -0.39 is 6.10 Å². The molecule has 0 spiro atoms. The summed E-state index contributed by atoms with van der Waals surface area (Å²) in [5, 5.41) is 3.15. The van der Waals surface area contributed by atoms with Crippen LogP contribution in [0.1, 0.15) is 24.5 Å². The summed E-state index contributed by atoms with van der Waals surface area (Å²) in [7, 11) is 2.15. The van der Waals surface area contributed by atoms with Gasteiger partial charge in [-0.25, -0.2) is 0 Å². The number of thioether (sulfide) groups is 1. The second-order valence-electron chi connectivity index (χ2n) is 6.90. The zero-order valence-corrected chi connectivity index (χ0v) is 15.9. The summed E-state index contributed by atoms with van der Waals surface area (Å²) in [6, 6.07) is 9.86. The lowest BCUT2D eigenvalue weighted by Gasteiger charge is -2.40. The van der Waals surface area contributed by atoms with Crippen LogP contribution in [0.5, 0.6) is 0 Å². The van der Waals surface area contributed by atoms with Crippen LogP contribution in [-0.2, 0) is 14.3 Å². The molecule has 5 nitrogen and oxygen atoms in total. The van der Waals surface area contributed by atoms with E-state index in [1.54, 1.807) is 0 Å². The number of carbonyl (C=O) groups excluding carboxylic acids is 1. The first kappa shape index (κ1) is 18.7. The van der Waals surface area contributed by atoms with E-state index in [9.17, 15) is 4.79 Å². The molecule has 0 saturated carbocycles. The summed E-state index contributed by atoms with van der Waals surface area (Å²) in [6.45, 7) is 3.81. The van der Waals surface area contributed by atoms with Gasteiger partial charge in [-0.2, -0.15) is 11.8 Å². The van der Waals surface area contributed by atoms with E-state index >= 15 is 0 Å². The van der Waals surface area contributed by atoms with Crippen LogP contribution in [0, 0.1) is 0 Å². The molecule has 0 radical (unpaired) electrons. The van der Waals surface area contributed by atoms with Gasteiger partial charge in [-0.15, -0.1) is 0 Å².